The number of hydrogen-bond acceptors (Lipinski definition) is 2. The van der Waals surface area contributed by atoms with Gasteiger partial charge in [0.25, 0.3) is 0 Å². The van der Waals surface area contributed by atoms with E-state index in [1.54, 1.807) is 7.11 Å². The van der Waals surface area contributed by atoms with Crippen molar-refractivity contribution in [2.75, 3.05) is 20.2 Å². The summed E-state index contributed by atoms with van der Waals surface area (Å²) in [6, 6.07) is 0. The average Bonchev–Trinajstić information content (AvgIpc) is 2.02. The average molecular weight is 201 g/mol. The van der Waals surface area contributed by atoms with E-state index in [1.165, 1.54) is 0 Å². The van der Waals surface area contributed by atoms with Crippen LogP contribution in [0.2, 0.25) is 0 Å². The van der Waals surface area contributed by atoms with Crippen LogP contribution in [0.4, 0.5) is 0 Å². The lowest BCUT2D eigenvalue weighted by atomic mass is 9.94. The molecule has 0 saturated heterocycles. The third-order valence-corrected chi connectivity index (χ3v) is 2.44. The van der Waals surface area contributed by atoms with Crippen LogP contribution in [-0.4, -0.2) is 25.8 Å². The molecule has 2 nitrogen and oxygen atoms in total. The predicted octanol–water partition coefficient (Wildman–Crippen LogP) is 2.68. The quantitative estimate of drug-likeness (QED) is 0.684. The van der Waals surface area contributed by atoms with Crippen molar-refractivity contribution >= 4 is 0 Å². The topological polar surface area (TPSA) is 21.3 Å². The minimum atomic E-state index is 0.0128. The predicted molar refractivity (Wildman–Crippen MR) is 62.6 cm³/mol. The van der Waals surface area contributed by atoms with Crippen molar-refractivity contribution in [2.45, 2.75) is 46.6 Å². The van der Waals surface area contributed by atoms with Crippen molar-refractivity contribution in [2.24, 2.45) is 11.8 Å². The van der Waals surface area contributed by atoms with Gasteiger partial charge in [-0.05, 0) is 45.2 Å². The first-order valence-electron chi connectivity index (χ1n) is 5.63. The van der Waals surface area contributed by atoms with E-state index in [0.717, 1.165) is 25.4 Å². The molecule has 1 atom stereocenters. The molecule has 0 aliphatic carbocycles. The second kappa shape index (κ2) is 6.41. The molecule has 86 valence electrons. The Morgan fingerprint density at radius 1 is 1.14 bits per heavy atom. The third kappa shape index (κ3) is 7.34. The highest BCUT2D eigenvalue weighted by Gasteiger charge is 2.19. The fraction of sp³-hybridized carbons (Fsp3) is 1.00. The largest absolute Gasteiger partial charge is 0.379 e. The van der Waals surface area contributed by atoms with Crippen molar-refractivity contribution in [3.63, 3.8) is 0 Å². The van der Waals surface area contributed by atoms with Gasteiger partial charge in [-0.1, -0.05) is 20.8 Å². The Balaban J connectivity index is 3.60. The van der Waals surface area contributed by atoms with Gasteiger partial charge in [0.2, 0.25) is 0 Å². The second-order valence-electron chi connectivity index (χ2n) is 5.33. The molecule has 0 bridgehead atoms. The fourth-order valence-electron chi connectivity index (χ4n) is 1.61. The van der Waals surface area contributed by atoms with Gasteiger partial charge in [-0.2, -0.15) is 0 Å². The molecule has 0 heterocycles. The summed E-state index contributed by atoms with van der Waals surface area (Å²) in [5.41, 5.74) is 0.0128. The standard InChI is InChI=1S/C12H27NO/c1-10(2)8-13-9-11(3)7-12(4,5)14-6/h10-11,13H,7-9H2,1-6H3. The van der Waals surface area contributed by atoms with Gasteiger partial charge in [0, 0.05) is 7.11 Å². The van der Waals surface area contributed by atoms with E-state index in [9.17, 15) is 0 Å². The smallest absolute Gasteiger partial charge is 0.0625 e. The molecule has 14 heavy (non-hydrogen) atoms. The van der Waals surface area contributed by atoms with Gasteiger partial charge >= 0.3 is 0 Å². The number of nitrogens with one attached hydrogen (secondary N) is 1. The van der Waals surface area contributed by atoms with E-state index < -0.39 is 0 Å². The molecular formula is C12H27NO. The molecule has 0 aromatic rings. The SMILES string of the molecule is COC(C)(C)CC(C)CNCC(C)C. The highest BCUT2D eigenvalue weighted by atomic mass is 16.5. The lowest BCUT2D eigenvalue weighted by molar-refractivity contribution is 0.00392. The summed E-state index contributed by atoms with van der Waals surface area (Å²) in [6.07, 6.45) is 1.11. The Bertz CT molecular complexity index is 143. The molecule has 0 radical (unpaired) electrons. The summed E-state index contributed by atoms with van der Waals surface area (Å²) in [6.45, 7) is 13.2. The maximum Gasteiger partial charge on any atom is 0.0625 e. The molecule has 0 saturated carbocycles. The minimum absolute atomic E-state index is 0.0128. The Hall–Kier alpha value is -0.0800. The summed E-state index contributed by atoms with van der Waals surface area (Å²) < 4.78 is 5.41. The van der Waals surface area contributed by atoms with Crippen molar-refractivity contribution in [3.05, 3.63) is 0 Å². The normalized spacial score (nSPS) is 14.8. The van der Waals surface area contributed by atoms with Crippen LogP contribution in [-0.2, 0) is 4.74 Å². The van der Waals surface area contributed by atoms with E-state index in [-0.39, 0.29) is 5.60 Å². The van der Waals surface area contributed by atoms with Crippen molar-refractivity contribution in [1.82, 2.24) is 5.32 Å². The maximum atomic E-state index is 5.41. The van der Waals surface area contributed by atoms with Crippen LogP contribution in [0, 0.1) is 11.8 Å². The van der Waals surface area contributed by atoms with Crippen LogP contribution in [0.15, 0.2) is 0 Å². The first kappa shape index (κ1) is 13.9. The number of rotatable bonds is 7. The first-order chi connectivity index (χ1) is 6.37. The van der Waals surface area contributed by atoms with Gasteiger partial charge in [-0.15, -0.1) is 0 Å². The first-order valence-corrected chi connectivity index (χ1v) is 5.63. The van der Waals surface area contributed by atoms with E-state index in [4.69, 9.17) is 4.74 Å². The molecule has 0 spiro atoms. The fourth-order valence-corrected chi connectivity index (χ4v) is 1.61. The minimum Gasteiger partial charge on any atom is -0.379 e. The van der Waals surface area contributed by atoms with E-state index in [1.807, 2.05) is 0 Å². The van der Waals surface area contributed by atoms with Gasteiger partial charge in [-0.25, -0.2) is 0 Å². The van der Waals surface area contributed by atoms with E-state index in [0.29, 0.717) is 5.92 Å². The monoisotopic (exact) mass is 201 g/mol. The Morgan fingerprint density at radius 2 is 1.71 bits per heavy atom. The van der Waals surface area contributed by atoms with E-state index >= 15 is 0 Å². The van der Waals surface area contributed by atoms with Crippen LogP contribution >= 0.6 is 0 Å². The maximum absolute atomic E-state index is 5.41. The molecule has 0 fully saturated rings. The third-order valence-electron chi connectivity index (χ3n) is 2.44. The molecule has 1 unspecified atom stereocenters. The molecule has 0 amide bonds. The Kier molecular flexibility index (Phi) is 6.38. The number of methoxy groups -OCH3 is 1. The molecule has 0 aromatic heterocycles. The van der Waals surface area contributed by atoms with Crippen LogP contribution in [0.3, 0.4) is 0 Å². The van der Waals surface area contributed by atoms with Crippen molar-refractivity contribution in [3.8, 4) is 0 Å². The zero-order valence-electron chi connectivity index (χ0n) is 10.7. The molecule has 0 aliphatic heterocycles. The summed E-state index contributed by atoms with van der Waals surface area (Å²) in [4.78, 5) is 0. The number of ether oxygens (including phenoxy) is 1. The van der Waals surface area contributed by atoms with Crippen molar-refractivity contribution in [1.29, 1.82) is 0 Å². The molecule has 1 N–H and O–H groups in total. The molecule has 0 rings (SSSR count). The summed E-state index contributed by atoms with van der Waals surface area (Å²) >= 11 is 0. The zero-order valence-corrected chi connectivity index (χ0v) is 10.7. The van der Waals surface area contributed by atoms with Gasteiger partial charge in [0.15, 0.2) is 0 Å². The van der Waals surface area contributed by atoms with Gasteiger partial charge < -0.3 is 10.1 Å². The molecule has 0 aliphatic rings. The van der Waals surface area contributed by atoms with Gasteiger partial charge in [0.1, 0.15) is 0 Å². The van der Waals surface area contributed by atoms with E-state index in [2.05, 4.69) is 39.9 Å². The molecular weight excluding hydrogens is 174 g/mol. The lowest BCUT2D eigenvalue weighted by Crippen LogP contribution is -2.31. The summed E-state index contributed by atoms with van der Waals surface area (Å²) in [5, 5.41) is 3.48. The Labute approximate surface area is 89.4 Å². The highest BCUT2D eigenvalue weighted by molar-refractivity contribution is 4.72. The summed E-state index contributed by atoms with van der Waals surface area (Å²) in [5.74, 6) is 1.40. The number of hydrogen-bond donors (Lipinski definition) is 1. The zero-order chi connectivity index (χ0) is 11.2. The van der Waals surface area contributed by atoms with Crippen LogP contribution in [0.1, 0.15) is 41.0 Å². The van der Waals surface area contributed by atoms with Crippen molar-refractivity contribution < 1.29 is 4.74 Å². The van der Waals surface area contributed by atoms with Crippen LogP contribution in [0.25, 0.3) is 0 Å². The Morgan fingerprint density at radius 3 is 2.14 bits per heavy atom. The van der Waals surface area contributed by atoms with Crippen LogP contribution < -0.4 is 5.32 Å². The van der Waals surface area contributed by atoms with Crippen LogP contribution in [0.5, 0.6) is 0 Å². The molecule has 2 heteroatoms. The lowest BCUT2D eigenvalue weighted by Gasteiger charge is -2.26. The van der Waals surface area contributed by atoms with Gasteiger partial charge in [-0.3, -0.25) is 0 Å². The summed E-state index contributed by atoms with van der Waals surface area (Å²) in [7, 11) is 1.79. The molecule has 0 aromatic carbocycles. The highest BCUT2D eigenvalue weighted by Crippen LogP contribution is 2.18. The second-order valence-corrected chi connectivity index (χ2v) is 5.33. The van der Waals surface area contributed by atoms with Gasteiger partial charge in [0.05, 0.1) is 5.60 Å².